The Kier molecular flexibility index (Phi) is 5.54. The van der Waals surface area contributed by atoms with E-state index in [4.69, 9.17) is 16.2 Å². The lowest BCUT2D eigenvalue weighted by atomic mass is 10.1. The highest BCUT2D eigenvalue weighted by atomic mass is 19.1. The number of fused-ring (bicyclic) bond motifs is 1. The van der Waals surface area contributed by atoms with Gasteiger partial charge in [0.05, 0.1) is 11.6 Å². The number of aromatic nitrogens is 5. The van der Waals surface area contributed by atoms with Crippen molar-refractivity contribution in [2.75, 3.05) is 16.8 Å². The molecule has 0 unspecified atom stereocenters. The first kappa shape index (κ1) is 21.0. The van der Waals surface area contributed by atoms with Gasteiger partial charge in [-0.2, -0.15) is 5.10 Å². The Balaban J connectivity index is 1.74. The number of carbonyl (C=O) groups excluding carboxylic acids is 1. The Hall–Kier alpha value is -4.28. The van der Waals surface area contributed by atoms with Gasteiger partial charge in [-0.25, -0.2) is 28.7 Å². The van der Waals surface area contributed by atoms with Crippen molar-refractivity contribution in [3.63, 3.8) is 0 Å². The lowest BCUT2D eigenvalue weighted by molar-refractivity contribution is 0.130. The van der Waals surface area contributed by atoms with Crippen molar-refractivity contribution < 1.29 is 13.9 Å². The van der Waals surface area contributed by atoms with Crippen LogP contribution in [-0.4, -0.2) is 36.8 Å². The molecular formula is C21H21FN8O2. The molecule has 0 radical (unpaired) electrons. The Bertz CT molecular complexity index is 1280. The monoisotopic (exact) mass is 436 g/mol. The van der Waals surface area contributed by atoms with Crippen LogP contribution in [0, 0.1) is 5.82 Å². The molecule has 164 valence electrons. The molecule has 0 aliphatic rings. The molecule has 0 fully saturated rings. The summed E-state index contributed by atoms with van der Waals surface area (Å²) in [5, 5.41) is 6.78. The quantitative estimate of drug-likeness (QED) is 0.433. The molecule has 4 aromatic rings. The van der Waals surface area contributed by atoms with E-state index in [1.807, 2.05) is 0 Å². The number of benzene rings is 1. The Morgan fingerprint density at radius 2 is 1.84 bits per heavy atom. The number of carbonyl (C=O) groups is 1. The minimum absolute atomic E-state index is 0.0473. The van der Waals surface area contributed by atoms with Crippen LogP contribution in [0.3, 0.4) is 0 Å². The number of hydrogen-bond donors (Lipinski definition) is 3. The Morgan fingerprint density at radius 1 is 1.12 bits per heavy atom. The summed E-state index contributed by atoms with van der Waals surface area (Å²) in [6.45, 7) is 3.42. The molecule has 0 aliphatic carbocycles. The van der Waals surface area contributed by atoms with Crippen LogP contribution in [0.4, 0.5) is 26.5 Å². The third kappa shape index (κ3) is 4.13. The van der Waals surface area contributed by atoms with E-state index in [2.05, 4.69) is 25.4 Å². The lowest BCUT2D eigenvalue weighted by Crippen LogP contribution is -2.20. The standard InChI is InChI=1S/C21H21FN8O2/c1-11(2)32-21(31)27-17-18(23)28-20(29-19(17)24)16-14-8-5-9-25-30(14)15(26-16)10-12-6-3-4-7-13(12)22/h3-9,11H,10H2,1-2H3,(H,27,31)(H4,23,24,28,29). The van der Waals surface area contributed by atoms with Gasteiger partial charge in [-0.1, -0.05) is 18.2 Å². The first-order valence-electron chi connectivity index (χ1n) is 9.80. The predicted octanol–water partition coefficient (Wildman–Crippen LogP) is 3.04. The smallest absolute Gasteiger partial charge is 0.412 e. The molecule has 4 rings (SSSR count). The van der Waals surface area contributed by atoms with Crippen LogP contribution in [0.2, 0.25) is 0 Å². The minimum Gasteiger partial charge on any atom is -0.447 e. The number of nitrogens with one attached hydrogen (secondary N) is 1. The zero-order valence-corrected chi connectivity index (χ0v) is 17.4. The van der Waals surface area contributed by atoms with E-state index >= 15 is 0 Å². The normalized spacial score (nSPS) is 11.1. The van der Waals surface area contributed by atoms with Crippen LogP contribution >= 0.6 is 0 Å². The van der Waals surface area contributed by atoms with Crippen LogP contribution in [0.5, 0.6) is 0 Å². The highest BCUT2D eigenvalue weighted by Crippen LogP contribution is 2.29. The second-order valence-corrected chi connectivity index (χ2v) is 7.24. The van der Waals surface area contributed by atoms with Crippen molar-refractivity contribution in [1.82, 2.24) is 24.6 Å². The summed E-state index contributed by atoms with van der Waals surface area (Å²) in [7, 11) is 0. The van der Waals surface area contributed by atoms with Crippen molar-refractivity contribution in [3.8, 4) is 11.5 Å². The average Bonchev–Trinajstić information content (AvgIpc) is 3.10. The summed E-state index contributed by atoms with van der Waals surface area (Å²) in [6.07, 6.45) is 0.755. The minimum atomic E-state index is -0.724. The fourth-order valence-electron chi connectivity index (χ4n) is 3.16. The molecule has 0 aliphatic heterocycles. The van der Waals surface area contributed by atoms with Crippen molar-refractivity contribution in [3.05, 3.63) is 59.8 Å². The van der Waals surface area contributed by atoms with Crippen LogP contribution in [0.25, 0.3) is 17.0 Å². The molecule has 0 atom stereocenters. The molecule has 0 bridgehead atoms. The molecule has 5 N–H and O–H groups in total. The molecule has 11 heteroatoms. The van der Waals surface area contributed by atoms with E-state index in [9.17, 15) is 9.18 Å². The largest absolute Gasteiger partial charge is 0.447 e. The molecule has 32 heavy (non-hydrogen) atoms. The second kappa shape index (κ2) is 8.46. The third-order valence-corrected chi connectivity index (χ3v) is 4.53. The third-order valence-electron chi connectivity index (χ3n) is 4.53. The van der Waals surface area contributed by atoms with Crippen LogP contribution in [-0.2, 0) is 11.2 Å². The summed E-state index contributed by atoms with van der Waals surface area (Å²) >= 11 is 0. The zero-order valence-electron chi connectivity index (χ0n) is 17.4. The number of halogens is 1. The number of anilines is 3. The molecule has 0 saturated carbocycles. The summed E-state index contributed by atoms with van der Waals surface area (Å²) in [6, 6.07) is 9.96. The van der Waals surface area contributed by atoms with Crippen LogP contribution < -0.4 is 16.8 Å². The number of rotatable bonds is 5. The molecular weight excluding hydrogens is 415 g/mol. The molecule has 10 nitrogen and oxygen atoms in total. The van der Waals surface area contributed by atoms with Gasteiger partial charge in [0, 0.05) is 12.6 Å². The van der Waals surface area contributed by atoms with E-state index in [1.165, 1.54) is 6.07 Å². The fraction of sp³-hybridized carbons (Fsp3) is 0.190. The van der Waals surface area contributed by atoms with E-state index < -0.39 is 6.09 Å². The van der Waals surface area contributed by atoms with Gasteiger partial charge in [-0.3, -0.25) is 5.32 Å². The molecule has 0 saturated heterocycles. The van der Waals surface area contributed by atoms with E-state index in [-0.39, 0.29) is 41.5 Å². The van der Waals surface area contributed by atoms with Crippen molar-refractivity contribution in [2.45, 2.75) is 26.4 Å². The summed E-state index contributed by atoms with van der Waals surface area (Å²) < 4.78 is 20.8. The highest BCUT2D eigenvalue weighted by Gasteiger charge is 2.21. The first-order chi connectivity index (χ1) is 15.3. The molecule has 0 spiro atoms. The second-order valence-electron chi connectivity index (χ2n) is 7.24. The SMILES string of the molecule is CC(C)OC(=O)Nc1c(N)nc(-c2nc(Cc3ccccc3F)n3ncccc23)nc1N. The molecule has 1 aromatic carbocycles. The topological polar surface area (TPSA) is 146 Å². The molecule has 3 aromatic heterocycles. The van der Waals surface area contributed by atoms with Gasteiger partial charge >= 0.3 is 6.09 Å². The zero-order chi connectivity index (χ0) is 22.8. The van der Waals surface area contributed by atoms with Crippen molar-refractivity contribution in [1.29, 1.82) is 0 Å². The maximum absolute atomic E-state index is 14.2. The number of imidazole rings is 1. The predicted molar refractivity (Wildman–Crippen MR) is 117 cm³/mol. The maximum Gasteiger partial charge on any atom is 0.412 e. The van der Waals surface area contributed by atoms with E-state index in [0.29, 0.717) is 22.6 Å². The van der Waals surface area contributed by atoms with Crippen LogP contribution in [0.15, 0.2) is 42.6 Å². The highest BCUT2D eigenvalue weighted by molar-refractivity contribution is 5.93. The van der Waals surface area contributed by atoms with Gasteiger partial charge in [0.1, 0.15) is 23.0 Å². The number of nitrogens with zero attached hydrogens (tertiary/aromatic N) is 5. The van der Waals surface area contributed by atoms with Crippen LogP contribution in [0.1, 0.15) is 25.2 Å². The number of ether oxygens (including phenoxy) is 1. The number of hydrogen-bond acceptors (Lipinski definition) is 8. The van der Waals surface area contributed by atoms with Gasteiger partial charge in [0.15, 0.2) is 17.5 Å². The summed E-state index contributed by atoms with van der Waals surface area (Å²) in [5.41, 5.74) is 13.6. The number of amides is 1. The fourth-order valence-corrected chi connectivity index (χ4v) is 3.16. The van der Waals surface area contributed by atoms with Gasteiger partial charge in [0.25, 0.3) is 0 Å². The van der Waals surface area contributed by atoms with Gasteiger partial charge in [-0.15, -0.1) is 0 Å². The summed E-state index contributed by atoms with van der Waals surface area (Å²) in [5.74, 6) is 0.204. The number of nitrogen functional groups attached to an aromatic ring is 2. The average molecular weight is 436 g/mol. The van der Waals surface area contributed by atoms with Gasteiger partial charge in [0.2, 0.25) is 0 Å². The van der Waals surface area contributed by atoms with E-state index in [1.54, 1.807) is 54.9 Å². The van der Waals surface area contributed by atoms with Gasteiger partial charge in [-0.05, 0) is 37.6 Å². The molecule has 3 heterocycles. The number of nitrogens with two attached hydrogens (primary N) is 2. The van der Waals surface area contributed by atoms with Crippen molar-refractivity contribution >= 4 is 28.9 Å². The van der Waals surface area contributed by atoms with E-state index in [0.717, 1.165) is 0 Å². The van der Waals surface area contributed by atoms with Crippen molar-refractivity contribution in [2.24, 2.45) is 0 Å². The lowest BCUT2D eigenvalue weighted by Gasteiger charge is -2.12. The Labute approximate surface area is 182 Å². The first-order valence-corrected chi connectivity index (χ1v) is 9.80. The molecule has 1 amide bonds. The Morgan fingerprint density at radius 3 is 2.53 bits per heavy atom. The summed E-state index contributed by atoms with van der Waals surface area (Å²) in [4.78, 5) is 25.0. The maximum atomic E-state index is 14.2. The van der Waals surface area contributed by atoms with Gasteiger partial charge < -0.3 is 16.2 Å².